The average molecular weight is 276 g/mol. The Hall–Kier alpha value is -1.88. The van der Waals surface area contributed by atoms with Gasteiger partial charge in [-0.25, -0.2) is 0 Å². The van der Waals surface area contributed by atoms with E-state index in [0.29, 0.717) is 17.1 Å². The highest BCUT2D eigenvalue weighted by atomic mass is 32.1. The number of carbonyl (C=O) groups excluding carboxylic acids is 1. The summed E-state index contributed by atoms with van der Waals surface area (Å²) < 4.78 is 5.33. The first kappa shape index (κ1) is 13.5. The Morgan fingerprint density at radius 3 is 2.89 bits per heavy atom. The van der Waals surface area contributed by atoms with E-state index in [1.54, 1.807) is 0 Å². The molecule has 0 bridgehead atoms. The summed E-state index contributed by atoms with van der Waals surface area (Å²) in [5.41, 5.74) is 6.70. The van der Waals surface area contributed by atoms with Crippen LogP contribution in [0.1, 0.15) is 29.6 Å². The molecule has 0 fully saturated rings. The lowest BCUT2D eigenvalue weighted by atomic mass is 10.1. The van der Waals surface area contributed by atoms with E-state index in [1.807, 2.05) is 24.3 Å². The predicted octanol–water partition coefficient (Wildman–Crippen LogP) is 2.62. The SMILES string of the molecule is NC(=S)CCCCNC(=O)c1coc2ccccc12. The van der Waals surface area contributed by atoms with Crippen LogP contribution >= 0.6 is 12.2 Å². The molecular formula is C14H16N2O2S. The van der Waals surface area contributed by atoms with Gasteiger partial charge in [0, 0.05) is 11.9 Å². The van der Waals surface area contributed by atoms with Crippen LogP contribution in [-0.2, 0) is 0 Å². The van der Waals surface area contributed by atoms with Crippen LogP contribution in [0.15, 0.2) is 34.9 Å². The standard InChI is InChI=1S/C14H16N2O2S/c15-13(19)7-3-4-8-16-14(17)11-9-18-12-6-2-1-5-10(11)12/h1-2,5-6,9H,3-4,7-8H2,(H2,15,19)(H,16,17). The molecule has 0 atom stereocenters. The van der Waals surface area contributed by atoms with Crippen LogP contribution in [0.4, 0.5) is 0 Å². The quantitative estimate of drug-likeness (QED) is 0.628. The largest absolute Gasteiger partial charge is 0.463 e. The lowest BCUT2D eigenvalue weighted by Gasteiger charge is -2.03. The zero-order valence-corrected chi connectivity index (χ0v) is 11.3. The summed E-state index contributed by atoms with van der Waals surface area (Å²) >= 11 is 4.79. The number of hydrogen-bond donors (Lipinski definition) is 2. The maximum Gasteiger partial charge on any atom is 0.255 e. The smallest absolute Gasteiger partial charge is 0.255 e. The molecule has 2 rings (SSSR count). The third kappa shape index (κ3) is 3.54. The van der Waals surface area contributed by atoms with Gasteiger partial charge in [0.1, 0.15) is 11.8 Å². The maximum absolute atomic E-state index is 12.0. The first-order chi connectivity index (χ1) is 9.18. The second-order valence-corrected chi connectivity index (χ2v) is 4.85. The topological polar surface area (TPSA) is 68.3 Å². The average Bonchev–Trinajstić information content (AvgIpc) is 2.81. The number of benzene rings is 1. The molecule has 4 nitrogen and oxygen atoms in total. The number of hydrogen-bond acceptors (Lipinski definition) is 3. The van der Waals surface area contributed by atoms with E-state index < -0.39 is 0 Å². The van der Waals surface area contributed by atoms with Crippen molar-refractivity contribution >= 4 is 34.1 Å². The van der Waals surface area contributed by atoms with Gasteiger partial charge in [-0.3, -0.25) is 4.79 Å². The Morgan fingerprint density at radius 2 is 2.11 bits per heavy atom. The van der Waals surface area contributed by atoms with Crippen molar-refractivity contribution in [2.45, 2.75) is 19.3 Å². The zero-order valence-electron chi connectivity index (χ0n) is 10.5. The molecule has 0 aliphatic heterocycles. The fraction of sp³-hybridized carbons (Fsp3) is 0.286. The second-order valence-electron chi connectivity index (χ2n) is 4.32. The van der Waals surface area contributed by atoms with E-state index in [9.17, 15) is 4.79 Å². The van der Waals surface area contributed by atoms with Gasteiger partial charge in [-0.2, -0.15) is 0 Å². The minimum absolute atomic E-state index is 0.111. The predicted molar refractivity (Wildman–Crippen MR) is 79.2 cm³/mol. The van der Waals surface area contributed by atoms with Gasteiger partial charge in [0.25, 0.3) is 5.91 Å². The molecule has 0 unspecified atom stereocenters. The summed E-state index contributed by atoms with van der Waals surface area (Å²) in [6, 6.07) is 7.48. The van der Waals surface area contributed by atoms with Gasteiger partial charge in [-0.15, -0.1) is 0 Å². The molecule has 0 aliphatic carbocycles. The third-order valence-electron chi connectivity index (χ3n) is 2.86. The number of unbranched alkanes of at least 4 members (excludes halogenated alkanes) is 1. The number of carbonyl (C=O) groups is 1. The van der Waals surface area contributed by atoms with Gasteiger partial charge in [0.2, 0.25) is 0 Å². The number of nitrogens with one attached hydrogen (secondary N) is 1. The van der Waals surface area contributed by atoms with Gasteiger partial charge in [-0.1, -0.05) is 30.4 Å². The van der Waals surface area contributed by atoms with Crippen molar-refractivity contribution in [3.05, 3.63) is 36.1 Å². The van der Waals surface area contributed by atoms with Gasteiger partial charge >= 0.3 is 0 Å². The number of amides is 1. The van der Waals surface area contributed by atoms with Crippen molar-refractivity contribution in [2.75, 3.05) is 6.54 Å². The summed E-state index contributed by atoms with van der Waals surface area (Å²) in [7, 11) is 0. The molecule has 0 radical (unpaired) electrons. The van der Waals surface area contributed by atoms with Crippen LogP contribution in [-0.4, -0.2) is 17.4 Å². The van der Waals surface area contributed by atoms with Crippen LogP contribution in [0.3, 0.4) is 0 Å². The molecule has 5 heteroatoms. The van der Waals surface area contributed by atoms with Crippen LogP contribution in [0.2, 0.25) is 0 Å². The third-order valence-corrected chi connectivity index (χ3v) is 3.07. The molecular weight excluding hydrogens is 260 g/mol. The molecule has 3 N–H and O–H groups in total. The molecule has 19 heavy (non-hydrogen) atoms. The summed E-state index contributed by atoms with van der Waals surface area (Å²) in [6.45, 7) is 0.612. The van der Waals surface area contributed by atoms with Crippen LogP contribution < -0.4 is 11.1 Å². The van der Waals surface area contributed by atoms with Gasteiger partial charge < -0.3 is 15.5 Å². The van der Waals surface area contributed by atoms with E-state index in [0.717, 1.165) is 30.2 Å². The highest BCUT2D eigenvalue weighted by Crippen LogP contribution is 2.20. The normalized spacial score (nSPS) is 10.5. The Labute approximate surface area is 117 Å². The molecule has 0 saturated heterocycles. The summed E-state index contributed by atoms with van der Waals surface area (Å²) in [5.74, 6) is -0.111. The zero-order chi connectivity index (χ0) is 13.7. The first-order valence-corrected chi connectivity index (χ1v) is 6.62. The van der Waals surface area contributed by atoms with Crippen molar-refractivity contribution in [3.63, 3.8) is 0 Å². The monoisotopic (exact) mass is 276 g/mol. The number of para-hydroxylation sites is 1. The molecule has 100 valence electrons. The van der Waals surface area contributed by atoms with E-state index in [2.05, 4.69) is 5.32 Å². The fourth-order valence-electron chi connectivity index (χ4n) is 1.88. The van der Waals surface area contributed by atoms with E-state index in [-0.39, 0.29) is 5.91 Å². The van der Waals surface area contributed by atoms with Crippen molar-refractivity contribution in [3.8, 4) is 0 Å². The van der Waals surface area contributed by atoms with E-state index in [4.69, 9.17) is 22.4 Å². The van der Waals surface area contributed by atoms with Crippen molar-refractivity contribution in [1.82, 2.24) is 5.32 Å². The Bertz CT molecular complexity index is 592. The van der Waals surface area contributed by atoms with Gasteiger partial charge in [0.05, 0.1) is 10.6 Å². The van der Waals surface area contributed by atoms with Gasteiger partial charge in [0.15, 0.2) is 0 Å². The van der Waals surface area contributed by atoms with Crippen molar-refractivity contribution < 1.29 is 9.21 Å². The Balaban J connectivity index is 1.88. The second kappa shape index (κ2) is 6.33. The molecule has 0 saturated carbocycles. The van der Waals surface area contributed by atoms with Crippen LogP contribution in [0.5, 0.6) is 0 Å². The number of furan rings is 1. The molecule has 2 aromatic rings. The molecule has 1 aromatic carbocycles. The maximum atomic E-state index is 12.0. The summed E-state index contributed by atoms with van der Waals surface area (Å²) in [5, 5.41) is 3.70. The van der Waals surface area contributed by atoms with E-state index in [1.165, 1.54) is 6.26 Å². The number of fused-ring (bicyclic) bond motifs is 1. The number of rotatable bonds is 6. The fourth-order valence-corrected chi connectivity index (χ4v) is 2.02. The van der Waals surface area contributed by atoms with Crippen LogP contribution in [0.25, 0.3) is 11.0 Å². The lowest BCUT2D eigenvalue weighted by Crippen LogP contribution is -2.24. The first-order valence-electron chi connectivity index (χ1n) is 6.21. The Kier molecular flexibility index (Phi) is 4.52. The van der Waals surface area contributed by atoms with Crippen molar-refractivity contribution in [1.29, 1.82) is 0 Å². The van der Waals surface area contributed by atoms with Crippen LogP contribution in [0, 0.1) is 0 Å². The molecule has 0 aliphatic rings. The number of nitrogens with two attached hydrogens (primary N) is 1. The molecule has 1 aromatic heterocycles. The van der Waals surface area contributed by atoms with Crippen molar-refractivity contribution in [2.24, 2.45) is 5.73 Å². The number of thiocarbonyl (C=S) groups is 1. The molecule has 1 amide bonds. The minimum Gasteiger partial charge on any atom is -0.463 e. The van der Waals surface area contributed by atoms with E-state index >= 15 is 0 Å². The Morgan fingerprint density at radius 1 is 1.32 bits per heavy atom. The lowest BCUT2D eigenvalue weighted by molar-refractivity contribution is 0.0954. The highest BCUT2D eigenvalue weighted by molar-refractivity contribution is 7.80. The molecule has 0 spiro atoms. The minimum atomic E-state index is -0.111. The summed E-state index contributed by atoms with van der Waals surface area (Å²) in [6.07, 6.45) is 3.97. The molecule has 1 heterocycles. The summed E-state index contributed by atoms with van der Waals surface area (Å²) in [4.78, 5) is 12.5. The highest BCUT2D eigenvalue weighted by Gasteiger charge is 2.12. The van der Waals surface area contributed by atoms with Gasteiger partial charge in [-0.05, 0) is 25.3 Å².